The summed E-state index contributed by atoms with van der Waals surface area (Å²) < 4.78 is 13.6. The van der Waals surface area contributed by atoms with Gasteiger partial charge in [0.25, 0.3) is 5.91 Å². The Morgan fingerprint density at radius 3 is 2.72 bits per heavy atom. The van der Waals surface area contributed by atoms with Gasteiger partial charge in [-0.25, -0.2) is 4.39 Å². The van der Waals surface area contributed by atoms with Crippen LogP contribution in [-0.2, 0) is 0 Å². The lowest BCUT2D eigenvalue weighted by molar-refractivity contribution is 0.0954. The molecule has 0 spiro atoms. The van der Waals surface area contributed by atoms with Crippen LogP contribution in [0.5, 0.6) is 0 Å². The maximum absolute atomic E-state index is 13.6. The van der Waals surface area contributed by atoms with E-state index in [0.717, 1.165) is 13.1 Å². The van der Waals surface area contributed by atoms with Gasteiger partial charge in [0.1, 0.15) is 5.82 Å². The van der Waals surface area contributed by atoms with Crippen molar-refractivity contribution in [2.45, 2.75) is 25.8 Å². The highest BCUT2D eigenvalue weighted by Crippen LogP contribution is 2.36. The first-order chi connectivity index (χ1) is 15.0. The van der Waals surface area contributed by atoms with Crippen molar-refractivity contribution in [1.29, 1.82) is 0 Å². The molecule has 2 unspecified atom stereocenters. The third-order valence-corrected chi connectivity index (χ3v) is 6.68. The standard InChI is InChI=1S/C23H32FN5OS.HI/c1-16-8-9-17(14-19(16)24)22(30)26-10-11-27-23(25-2)28-15-18-6-4-12-29(3)21(18)20-7-5-13-31-20;/h5,7-9,13-14,18,21H,4,6,10-12,15H2,1-3H3,(H,26,30)(H2,25,27,28);1H. The zero-order valence-corrected chi connectivity index (χ0v) is 22.0. The van der Waals surface area contributed by atoms with E-state index in [1.165, 1.54) is 23.8 Å². The number of likely N-dealkylation sites (tertiary alicyclic amines) is 1. The topological polar surface area (TPSA) is 68.8 Å². The van der Waals surface area contributed by atoms with Crippen molar-refractivity contribution in [3.8, 4) is 0 Å². The molecular weight excluding hydrogens is 540 g/mol. The number of carbonyl (C=O) groups is 1. The SMILES string of the molecule is CN=C(NCCNC(=O)c1ccc(C)c(F)c1)NCC1CCCN(C)C1c1cccs1.I. The minimum atomic E-state index is -0.371. The first kappa shape index (κ1) is 26.5. The zero-order chi connectivity index (χ0) is 22.2. The largest absolute Gasteiger partial charge is 0.356 e. The van der Waals surface area contributed by atoms with Crippen LogP contribution < -0.4 is 16.0 Å². The van der Waals surface area contributed by atoms with E-state index in [1.54, 1.807) is 26.1 Å². The van der Waals surface area contributed by atoms with Crippen molar-refractivity contribution in [3.05, 3.63) is 57.5 Å². The first-order valence-electron chi connectivity index (χ1n) is 10.7. The summed E-state index contributed by atoms with van der Waals surface area (Å²) in [5, 5.41) is 11.6. The van der Waals surface area contributed by atoms with Crippen molar-refractivity contribution >= 4 is 47.2 Å². The number of nitrogens with zero attached hydrogens (tertiary/aromatic N) is 2. The van der Waals surface area contributed by atoms with Crippen LogP contribution in [0.2, 0.25) is 0 Å². The summed E-state index contributed by atoms with van der Waals surface area (Å²) in [6.07, 6.45) is 2.38. The molecule has 1 aliphatic rings. The van der Waals surface area contributed by atoms with Crippen molar-refractivity contribution < 1.29 is 9.18 Å². The number of aliphatic imine (C=N–C) groups is 1. The summed E-state index contributed by atoms with van der Waals surface area (Å²) in [6, 6.07) is 9.28. The lowest BCUT2D eigenvalue weighted by Crippen LogP contribution is -2.46. The Morgan fingerprint density at radius 2 is 2.03 bits per heavy atom. The van der Waals surface area contributed by atoms with Crippen molar-refractivity contribution in [2.24, 2.45) is 10.9 Å². The van der Waals surface area contributed by atoms with Gasteiger partial charge in [0.15, 0.2) is 5.96 Å². The molecule has 1 fully saturated rings. The van der Waals surface area contributed by atoms with Crippen molar-refractivity contribution in [1.82, 2.24) is 20.9 Å². The number of hydrogen-bond donors (Lipinski definition) is 3. The molecule has 1 amide bonds. The van der Waals surface area contributed by atoms with Crippen LogP contribution in [0.4, 0.5) is 4.39 Å². The third kappa shape index (κ3) is 7.14. The van der Waals surface area contributed by atoms with E-state index < -0.39 is 0 Å². The first-order valence-corrected chi connectivity index (χ1v) is 11.6. The van der Waals surface area contributed by atoms with Gasteiger partial charge in [-0.3, -0.25) is 14.7 Å². The van der Waals surface area contributed by atoms with Gasteiger partial charge in [-0.15, -0.1) is 35.3 Å². The molecular formula is C23H33FIN5OS. The number of aryl methyl sites for hydroxylation is 1. The summed E-state index contributed by atoms with van der Waals surface area (Å²) >= 11 is 1.82. The Morgan fingerprint density at radius 1 is 1.25 bits per heavy atom. The van der Waals surface area contributed by atoms with E-state index in [1.807, 2.05) is 11.3 Å². The summed E-state index contributed by atoms with van der Waals surface area (Å²) in [5.74, 6) is 0.568. The predicted octanol–water partition coefficient (Wildman–Crippen LogP) is 3.79. The van der Waals surface area contributed by atoms with Crippen LogP contribution in [0.15, 0.2) is 40.7 Å². The number of rotatable bonds is 7. The van der Waals surface area contributed by atoms with Crippen LogP contribution in [0, 0.1) is 18.7 Å². The van der Waals surface area contributed by atoms with Crippen molar-refractivity contribution in [2.75, 3.05) is 40.3 Å². The molecule has 2 aromatic rings. The van der Waals surface area contributed by atoms with Crippen LogP contribution in [0.3, 0.4) is 0 Å². The van der Waals surface area contributed by atoms with E-state index in [2.05, 4.69) is 50.4 Å². The minimum absolute atomic E-state index is 0. The Bertz CT molecular complexity index is 893. The molecule has 1 aromatic carbocycles. The van der Waals surface area contributed by atoms with Gasteiger partial charge >= 0.3 is 0 Å². The second-order valence-electron chi connectivity index (χ2n) is 7.94. The summed E-state index contributed by atoms with van der Waals surface area (Å²) in [4.78, 5) is 20.3. The second kappa shape index (κ2) is 13.1. The van der Waals surface area contributed by atoms with E-state index in [0.29, 0.717) is 42.1 Å². The highest BCUT2D eigenvalue weighted by molar-refractivity contribution is 14.0. The highest BCUT2D eigenvalue weighted by atomic mass is 127. The fraction of sp³-hybridized carbons (Fsp3) is 0.478. The molecule has 0 saturated carbocycles. The molecule has 176 valence electrons. The molecule has 9 heteroatoms. The van der Waals surface area contributed by atoms with Crippen LogP contribution >= 0.6 is 35.3 Å². The number of benzene rings is 1. The van der Waals surface area contributed by atoms with Crippen LogP contribution in [0.1, 0.15) is 39.7 Å². The van der Waals surface area contributed by atoms with Crippen LogP contribution in [0.25, 0.3) is 0 Å². The average Bonchev–Trinajstić information content (AvgIpc) is 3.29. The molecule has 6 nitrogen and oxygen atoms in total. The van der Waals surface area contributed by atoms with Gasteiger partial charge in [0.05, 0.1) is 0 Å². The van der Waals surface area contributed by atoms with Crippen molar-refractivity contribution in [3.63, 3.8) is 0 Å². The van der Waals surface area contributed by atoms with Gasteiger partial charge in [-0.2, -0.15) is 0 Å². The fourth-order valence-corrected chi connectivity index (χ4v) is 5.01. The monoisotopic (exact) mass is 573 g/mol. The smallest absolute Gasteiger partial charge is 0.251 e. The second-order valence-corrected chi connectivity index (χ2v) is 8.92. The van der Waals surface area contributed by atoms with Gasteiger partial charge in [0, 0.05) is 43.2 Å². The Hall–Kier alpha value is -1.72. The number of guanidine groups is 1. The number of nitrogens with one attached hydrogen (secondary N) is 3. The Labute approximate surface area is 211 Å². The summed E-state index contributed by atoms with van der Waals surface area (Å²) in [5.41, 5.74) is 0.852. The number of halogens is 2. The molecule has 32 heavy (non-hydrogen) atoms. The number of piperidine rings is 1. The Balaban J connectivity index is 0.00000363. The fourth-order valence-electron chi connectivity index (χ4n) is 4.02. The predicted molar refractivity (Wildman–Crippen MR) is 141 cm³/mol. The number of amides is 1. The zero-order valence-electron chi connectivity index (χ0n) is 18.9. The molecule has 0 radical (unpaired) electrons. The van der Waals surface area contributed by atoms with E-state index >= 15 is 0 Å². The van der Waals surface area contributed by atoms with E-state index in [9.17, 15) is 9.18 Å². The highest BCUT2D eigenvalue weighted by Gasteiger charge is 2.31. The van der Waals surface area contributed by atoms with Gasteiger partial charge in [-0.1, -0.05) is 12.1 Å². The number of carbonyl (C=O) groups excluding carboxylic acids is 1. The quantitative estimate of drug-likeness (QED) is 0.204. The Kier molecular flexibility index (Phi) is 10.9. The average molecular weight is 574 g/mol. The molecule has 0 aliphatic carbocycles. The third-order valence-electron chi connectivity index (χ3n) is 5.73. The molecule has 2 atom stereocenters. The number of hydrogen-bond acceptors (Lipinski definition) is 4. The number of thiophene rings is 1. The normalized spacial score (nSPS) is 19.2. The maximum Gasteiger partial charge on any atom is 0.251 e. The molecule has 2 heterocycles. The van der Waals surface area contributed by atoms with Crippen LogP contribution in [-0.4, -0.2) is 57.0 Å². The van der Waals surface area contributed by atoms with Gasteiger partial charge in [0.2, 0.25) is 0 Å². The molecule has 1 aromatic heterocycles. The van der Waals surface area contributed by atoms with E-state index in [-0.39, 0.29) is 35.7 Å². The van der Waals surface area contributed by atoms with Gasteiger partial charge in [-0.05, 0) is 68.4 Å². The molecule has 0 bridgehead atoms. The molecule has 1 aliphatic heterocycles. The molecule has 3 N–H and O–H groups in total. The van der Waals surface area contributed by atoms with Gasteiger partial charge < -0.3 is 16.0 Å². The molecule has 1 saturated heterocycles. The van der Waals surface area contributed by atoms with E-state index in [4.69, 9.17) is 0 Å². The molecule has 3 rings (SSSR count). The summed E-state index contributed by atoms with van der Waals surface area (Å²) in [6.45, 7) is 4.57. The summed E-state index contributed by atoms with van der Waals surface area (Å²) in [7, 11) is 3.94. The lowest BCUT2D eigenvalue weighted by atomic mass is 9.88. The lowest BCUT2D eigenvalue weighted by Gasteiger charge is -2.39. The minimum Gasteiger partial charge on any atom is -0.356 e. The maximum atomic E-state index is 13.6.